The first-order valence-corrected chi connectivity index (χ1v) is 8.64. The van der Waals surface area contributed by atoms with Gasteiger partial charge in [0.15, 0.2) is 5.96 Å². The molecule has 1 aromatic carbocycles. The van der Waals surface area contributed by atoms with Crippen LogP contribution in [0.5, 0.6) is 11.6 Å². The molecule has 0 aliphatic heterocycles. The number of rotatable bonds is 5. The summed E-state index contributed by atoms with van der Waals surface area (Å²) >= 11 is 0. The molecule has 7 heteroatoms. The predicted molar refractivity (Wildman–Crippen MR) is 111 cm³/mol. The Kier molecular flexibility index (Phi) is 8.08. The van der Waals surface area contributed by atoms with E-state index in [4.69, 9.17) is 10.5 Å². The number of nitrogens with one attached hydrogen (secondary N) is 1. The quantitative estimate of drug-likeness (QED) is 0.387. The molecule has 1 saturated carbocycles. The van der Waals surface area contributed by atoms with Crippen LogP contribution in [0.2, 0.25) is 0 Å². The van der Waals surface area contributed by atoms with Crippen LogP contribution in [0.3, 0.4) is 0 Å². The Morgan fingerprint density at radius 3 is 2.73 bits per heavy atom. The van der Waals surface area contributed by atoms with Crippen molar-refractivity contribution >= 4 is 29.9 Å². The third-order valence-electron chi connectivity index (χ3n) is 4.21. The highest BCUT2D eigenvalue weighted by Gasteiger charge is 2.13. The summed E-state index contributed by atoms with van der Waals surface area (Å²) in [6, 6.07) is 10.0. The first-order chi connectivity index (χ1) is 12.2. The highest BCUT2D eigenvalue weighted by molar-refractivity contribution is 14.0. The van der Waals surface area contributed by atoms with Crippen molar-refractivity contribution in [2.75, 3.05) is 0 Å². The first kappa shape index (κ1) is 20.4. The minimum Gasteiger partial charge on any atom is -0.439 e. The third kappa shape index (κ3) is 6.44. The number of nitrogens with two attached hydrogens (primary N) is 1. The van der Waals surface area contributed by atoms with E-state index in [9.17, 15) is 4.39 Å². The molecule has 3 N–H and O–H groups in total. The van der Waals surface area contributed by atoms with Gasteiger partial charge in [-0.2, -0.15) is 0 Å². The van der Waals surface area contributed by atoms with Crippen LogP contribution in [-0.2, 0) is 6.54 Å². The molecule has 5 nitrogen and oxygen atoms in total. The number of guanidine groups is 1. The second-order valence-electron chi connectivity index (χ2n) is 6.24. The minimum atomic E-state index is -0.343. The summed E-state index contributed by atoms with van der Waals surface area (Å²) in [5.74, 6) is 0.960. The number of hydrogen-bond acceptors (Lipinski definition) is 3. The topological polar surface area (TPSA) is 72.5 Å². The van der Waals surface area contributed by atoms with Crippen LogP contribution in [0.4, 0.5) is 4.39 Å². The van der Waals surface area contributed by atoms with Crippen molar-refractivity contribution in [3.8, 4) is 11.6 Å². The predicted octanol–water partition coefficient (Wildman–Crippen LogP) is 4.37. The molecule has 3 rings (SSSR count). The minimum absolute atomic E-state index is 0. The molecule has 0 bridgehead atoms. The van der Waals surface area contributed by atoms with Gasteiger partial charge in [-0.25, -0.2) is 14.4 Å². The summed E-state index contributed by atoms with van der Waals surface area (Å²) in [6.45, 7) is 0.457. The highest BCUT2D eigenvalue weighted by Crippen LogP contribution is 2.20. The van der Waals surface area contributed by atoms with Gasteiger partial charge in [0.25, 0.3) is 0 Å². The molecule has 26 heavy (non-hydrogen) atoms. The lowest BCUT2D eigenvalue weighted by molar-refractivity contribution is 0.412. The van der Waals surface area contributed by atoms with E-state index >= 15 is 0 Å². The molecule has 1 aliphatic rings. The zero-order chi connectivity index (χ0) is 17.5. The van der Waals surface area contributed by atoms with E-state index in [-0.39, 0.29) is 29.8 Å². The standard InChI is InChI=1S/C19H23FN4O.HI/c20-15-5-4-8-17(11-15)25-18-10-9-14(12-22-18)13-23-19(21)24-16-6-2-1-3-7-16;/h4-5,8-12,16H,1-3,6-7,13H2,(H3,21,23,24);1H. The van der Waals surface area contributed by atoms with Gasteiger partial charge in [-0.3, -0.25) is 0 Å². The Labute approximate surface area is 170 Å². The average Bonchev–Trinajstić information content (AvgIpc) is 2.62. The molecule has 2 aromatic rings. The highest BCUT2D eigenvalue weighted by atomic mass is 127. The Balaban J connectivity index is 0.00000243. The van der Waals surface area contributed by atoms with Gasteiger partial charge in [0.2, 0.25) is 5.88 Å². The molecule has 1 fully saturated rings. The number of hydrogen-bond donors (Lipinski definition) is 2. The monoisotopic (exact) mass is 470 g/mol. The Morgan fingerprint density at radius 1 is 1.23 bits per heavy atom. The van der Waals surface area contributed by atoms with Crippen molar-refractivity contribution in [2.24, 2.45) is 10.7 Å². The average molecular weight is 470 g/mol. The second-order valence-corrected chi connectivity index (χ2v) is 6.24. The van der Waals surface area contributed by atoms with Crippen LogP contribution < -0.4 is 15.8 Å². The van der Waals surface area contributed by atoms with E-state index in [2.05, 4.69) is 15.3 Å². The smallest absolute Gasteiger partial charge is 0.219 e. The van der Waals surface area contributed by atoms with E-state index < -0.39 is 0 Å². The number of nitrogens with zero attached hydrogens (tertiary/aromatic N) is 2. The van der Waals surface area contributed by atoms with Crippen molar-refractivity contribution < 1.29 is 9.13 Å². The molecule has 0 unspecified atom stereocenters. The zero-order valence-corrected chi connectivity index (χ0v) is 16.9. The van der Waals surface area contributed by atoms with Gasteiger partial charge in [0.1, 0.15) is 11.6 Å². The summed E-state index contributed by atoms with van der Waals surface area (Å²) in [5, 5.41) is 3.29. The molecular weight excluding hydrogens is 446 g/mol. The third-order valence-corrected chi connectivity index (χ3v) is 4.21. The number of aliphatic imine (C=N–C) groups is 1. The van der Waals surface area contributed by atoms with Gasteiger partial charge in [-0.05, 0) is 30.5 Å². The Hall–Kier alpha value is -1.90. The molecule has 0 spiro atoms. The molecular formula is C19H24FIN4O. The maximum atomic E-state index is 13.1. The van der Waals surface area contributed by atoms with E-state index in [0.717, 1.165) is 18.4 Å². The summed E-state index contributed by atoms with van der Waals surface area (Å²) in [4.78, 5) is 8.59. The van der Waals surface area contributed by atoms with Crippen LogP contribution in [0.1, 0.15) is 37.7 Å². The normalized spacial score (nSPS) is 15.2. The van der Waals surface area contributed by atoms with Gasteiger partial charge in [0.05, 0.1) is 6.54 Å². The summed E-state index contributed by atoms with van der Waals surface area (Å²) < 4.78 is 18.7. The van der Waals surface area contributed by atoms with Crippen molar-refractivity contribution in [1.29, 1.82) is 0 Å². The van der Waals surface area contributed by atoms with Crippen LogP contribution in [0, 0.1) is 5.82 Å². The number of ether oxygens (including phenoxy) is 1. The number of aromatic nitrogens is 1. The van der Waals surface area contributed by atoms with E-state index in [1.165, 1.54) is 31.4 Å². The largest absolute Gasteiger partial charge is 0.439 e. The molecule has 1 aromatic heterocycles. The summed E-state index contributed by atoms with van der Waals surface area (Å²) in [7, 11) is 0. The van der Waals surface area contributed by atoms with Gasteiger partial charge < -0.3 is 15.8 Å². The van der Waals surface area contributed by atoms with Gasteiger partial charge in [-0.1, -0.05) is 31.4 Å². The Bertz CT molecular complexity index is 718. The lowest BCUT2D eigenvalue weighted by Crippen LogP contribution is -2.41. The summed E-state index contributed by atoms with van der Waals surface area (Å²) in [5.41, 5.74) is 6.89. The molecule has 1 heterocycles. The van der Waals surface area contributed by atoms with Gasteiger partial charge in [0, 0.05) is 24.4 Å². The van der Waals surface area contributed by atoms with E-state index in [1.807, 2.05) is 6.07 Å². The maximum absolute atomic E-state index is 13.1. The van der Waals surface area contributed by atoms with Crippen molar-refractivity contribution in [3.63, 3.8) is 0 Å². The molecule has 0 amide bonds. The van der Waals surface area contributed by atoms with Crippen LogP contribution >= 0.6 is 24.0 Å². The fraction of sp³-hybridized carbons (Fsp3) is 0.368. The number of pyridine rings is 1. The Morgan fingerprint density at radius 2 is 2.04 bits per heavy atom. The fourth-order valence-electron chi connectivity index (χ4n) is 2.89. The second kappa shape index (κ2) is 10.3. The zero-order valence-electron chi connectivity index (χ0n) is 14.5. The summed E-state index contributed by atoms with van der Waals surface area (Å²) in [6.07, 6.45) is 7.81. The van der Waals surface area contributed by atoms with Gasteiger partial charge >= 0.3 is 0 Å². The molecule has 0 radical (unpaired) electrons. The van der Waals surface area contributed by atoms with Crippen LogP contribution in [0.15, 0.2) is 47.6 Å². The molecule has 1 aliphatic carbocycles. The van der Waals surface area contributed by atoms with Crippen LogP contribution in [-0.4, -0.2) is 17.0 Å². The van der Waals surface area contributed by atoms with Crippen molar-refractivity contribution in [2.45, 2.75) is 44.7 Å². The van der Waals surface area contributed by atoms with Crippen molar-refractivity contribution in [3.05, 3.63) is 54.0 Å². The molecule has 0 atom stereocenters. The van der Waals surface area contributed by atoms with Crippen LogP contribution in [0.25, 0.3) is 0 Å². The van der Waals surface area contributed by atoms with E-state index in [1.54, 1.807) is 24.4 Å². The molecule has 0 saturated heterocycles. The maximum Gasteiger partial charge on any atom is 0.219 e. The number of halogens is 2. The van der Waals surface area contributed by atoms with E-state index in [0.29, 0.717) is 30.2 Å². The lowest BCUT2D eigenvalue weighted by atomic mass is 9.96. The first-order valence-electron chi connectivity index (χ1n) is 8.64. The SMILES string of the molecule is I.NC(=NCc1ccc(Oc2cccc(F)c2)nc1)NC1CCCCC1. The van der Waals surface area contributed by atoms with Crippen molar-refractivity contribution in [1.82, 2.24) is 10.3 Å². The van der Waals surface area contributed by atoms with Gasteiger partial charge in [-0.15, -0.1) is 24.0 Å². The number of benzene rings is 1. The lowest BCUT2D eigenvalue weighted by Gasteiger charge is -2.23. The molecule has 140 valence electrons. The fourth-order valence-corrected chi connectivity index (χ4v) is 2.89.